The van der Waals surface area contributed by atoms with E-state index in [4.69, 9.17) is 4.42 Å². The Morgan fingerprint density at radius 1 is 1.33 bits per heavy atom. The van der Waals surface area contributed by atoms with E-state index in [1.54, 1.807) is 11.3 Å². The summed E-state index contributed by atoms with van der Waals surface area (Å²) in [7, 11) is 0. The Morgan fingerprint density at radius 3 is 2.94 bits per heavy atom. The molecule has 2 aromatic heterocycles. The Morgan fingerprint density at radius 2 is 2.22 bits per heavy atom. The molecule has 2 aromatic rings. The van der Waals surface area contributed by atoms with Crippen LogP contribution in [0.2, 0.25) is 0 Å². The first-order valence-electron chi connectivity index (χ1n) is 6.12. The van der Waals surface area contributed by atoms with Gasteiger partial charge < -0.3 is 15.1 Å². The molecular formula is C12H16N4OS. The molecule has 0 aliphatic heterocycles. The van der Waals surface area contributed by atoms with Crippen molar-refractivity contribution in [2.24, 2.45) is 0 Å². The van der Waals surface area contributed by atoms with Gasteiger partial charge in [-0.25, -0.2) is 0 Å². The molecule has 0 spiro atoms. The van der Waals surface area contributed by atoms with Crippen molar-refractivity contribution in [3.8, 4) is 0 Å². The van der Waals surface area contributed by atoms with Crippen molar-refractivity contribution in [2.75, 3.05) is 5.32 Å². The van der Waals surface area contributed by atoms with Crippen LogP contribution < -0.4 is 10.6 Å². The van der Waals surface area contributed by atoms with Gasteiger partial charge >= 0.3 is 6.01 Å². The highest BCUT2D eigenvalue weighted by Crippen LogP contribution is 2.19. The number of rotatable bonds is 6. The van der Waals surface area contributed by atoms with Crippen LogP contribution in [0.4, 0.5) is 6.01 Å². The quantitative estimate of drug-likeness (QED) is 0.838. The molecule has 3 rings (SSSR count). The third kappa shape index (κ3) is 2.88. The minimum absolute atomic E-state index is 0.494. The largest absolute Gasteiger partial charge is 0.407 e. The molecule has 0 amide bonds. The fourth-order valence-electron chi connectivity index (χ4n) is 1.65. The lowest BCUT2D eigenvalue weighted by atomic mass is 10.2. The number of hydrogen-bond acceptors (Lipinski definition) is 6. The molecule has 0 radical (unpaired) electrons. The molecular weight excluding hydrogens is 248 g/mol. The summed E-state index contributed by atoms with van der Waals surface area (Å²) in [5, 5.41) is 18.7. The summed E-state index contributed by atoms with van der Waals surface area (Å²) in [6.07, 6.45) is 2.52. The number of nitrogens with one attached hydrogen (secondary N) is 2. The normalized spacial score (nSPS) is 14.9. The van der Waals surface area contributed by atoms with Gasteiger partial charge in [-0.3, -0.25) is 0 Å². The van der Waals surface area contributed by atoms with Gasteiger partial charge in [0.05, 0.1) is 6.54 Å². The predicted octanol–water partition coefficient (Wildman–Crippen LogP) is 2.30. The van der Waals surface area contributed by atoms with E-state index < -0.39 is 0 Å². The van der Waals surface area contributed by atoms with Gasteiger partial charge in [0.2, 0.25) is 5.89 Å². The average molecular weight is 264 g/mol. The van der Waals surface area contributed by atoms with Gasteiger partial charge in [0.15, 0.2) is 0 Å². The van der Waals surface area contributed by atoms with E-state index in [1.165, 1.54) is 24.0 Å². The first-order chi connectivity index (χ1) is 8.81. The van der Waals surface area contributed by atoms with Crippen LogP contribution >= 0.6 is 11.3 Å². The topological polar surface area (TPSA) is 63.0 Å². The lowest BCUT2D eigenvalue weighted by Crippen LogP contribution is -2.15. The predicted molar refractivity (Wildman–Crippen MR) is 70.5 cm³/mol. The Labute approximate surface area is 110 Å². The number of aromatic nitrogens is 2. The van der Waals surface area contributed by atoms with Crippen LogP contribution in [-0.4, -0.2) is 16.2 Å². The maximum atomic E-state index is 5.51. The molecule has 2 heterocycles. The molecule has 0 saturated heterocycles. The first-order valence-corrected chi connectivity index (χ1v) is 7.07. The summed E-state index contributed by atoms with van der Waals surface area (Å²) in [5.74, 6) is 0.645. The second-order valence-electron chi connectivity index (χ2n) is 4.59. The molecule has 5 nitrogen and oxygen atoms in total. The SMILES string of the molecule is Cc1cscc1CNc1nnc(CNC2CC2)o1. The molecule has 0 bridgehead atoms. The molecule has 0 unspecified atom stereocenters. The van der Waals surface area contributed by atoms with Gasteiger partial charge in [-0.15, -0.1) is 5.10 Å². The molecule has 96 valence electrons. The van der Waals surface area contributed by atoms with Crippen LogP contribution in [0.15, 0.2) is 15.2 Å². The number of nitrogens with zero attached hydrogens (tertiary/aromatic N) is 2. The molecule has 1 saturated carbocycles. The second kappa shape index (κ2) is 5.07. The Hall–Kier alpha value is -1.40. The Kier molecular flexibility index (Phi) is 3.29. The van der Waals surface area contributed by atoms with Crippen molar-refractivity contribution in [3.05, 3.63) is 27.8 Å². The van der Waals surface area contributed by atoms with E-state index in [1.807, 2.05) is 0 Å². The minimum Gasteiger partial charge on any atom is -0.407 e. The maximum Gasteiger partial charge on any atom is 0.315 e. The van der Waals surface area contributed by atoms with Gasteiger partial charge in [0, 0.05) is 12.6 Å². The van der Waals surface area contributed by atoms with Crippen LogP contribution in [0.25, 0.3) is 0 Å². The standard InChI is InChI=1S/C12H16N4OS/c1-8-6-18-7-9(8)4-14-12-16-15-11(17-12)5-13-10-2-3-10/h6-7,10,13H,2-5H2,1H3,(H,14,16). The van der Waals surface area contributed by atoms with E-state index in [0.29, 0.717) is 24.5 Å². The second-order valence-corrected chi connectivity index (χ2v) is 5.33. The highest BCUT2D eigenvalue weighted by atomic mass is 32.1. The fraction of sp³-hybridized carbons (Fsp3) is 0.500. The summed E-state index contributed by atoms with van der Waals surface area (Å²) in [6.45, 7) is 3.50. The first kappa shape index (κ1) is 11.7. The number of anilines is 1. The van der Waals surface area contributed by atoms with E-state index in [9.17, 15) is 0 Å². The molecule has 0 atom stereocenters. The van der Waals surface area contributed by atoms with Crippen LogP contribution in [0.1, 0.15) is 29.9 Å². The highest BCUT2D eigenvalue weighted by Gasteiger charge is 2.21. The molecule has 1 aliphatic carbocycles. The molecule has 2 N–H and O–H groups in total. The number of aryl methyl sites for hydroxylation is 1. The van der Waals surface area contributed by atoms with E-state index in [0.717, 1.165) is 6.54 Å². The Bertz CT molecular complexity index is 518. The molecule has 18 heavy (non-hydrogen) atoms. The third-order valence-corrected chi connectivity index (χ3v) is 3.89. The van der Waals surface area contributed by atoms with Crippen LogP contribution in [-0.2, 0) is 13.1 Å². The molecule has 1 fully saturated rings. The van der Waals surface area contributed by atoms with Crippen LogP contribution in [0, 0.1) is 6.92 Å². The summed E-state index contributed by atoms with van der Waals surface area (Å²) in [5.41, 5.74) is 2.57. The lowest BCUT2D eigenvalue weighted by Gasteiger charge is -2.00. The van der Waals surface area contributed by atoms with E-state index >= 15 is 0 Å². The van der Waals surface area contributed by atoms with Gasteiger partial charge in [-0.2, -0.15) is 11.3 Å². The van der Waals surface area contributed by atoms with E-state index in [2.05, 4.69) is 38.5 Å². The number of thiophene rings is 1. The van der Waals surface area contributed by atoms with Crippen molar-refractivity contribution in [3.63, 3.8) is 0 Å². The molecule has 0 aromatic carbocycles. The van der Waals surface area contributed by atoms with Crippen LogP contribution in [0.3, 0.4) is 0 Å². The van der Waals surface area contributed by atoms with Crippen molar-refractivity contribution in [1.29, 1.82) is 0 Å². The highest BCUT2D eigenvalue weighted by molar-refractivity contribution is 7.08. The summed E-state index contributed by atoms with van der Waals surface area (Å²) in [6, 6.07) is 1.15. The summed E-state index contributed by atoms with van der Waals surface area (Å²) in [4.78, 5) is 0. The van der Waals surface area contributed by atoms with Crippen molar-refractivity contribution >= 4 is 17.4 Å². The number of hydrogen-bond donors (Lipinski definition) is 2. The van der Waals surface area contributed by atoms with Crippen LogP contribution in [0.5, 0.6) is 0 Å². The van der Waals surface area contributed by atoms with Crippen molar-refractivity contribution < 1.29 is 4.42 Å². The van der Waals surface area contributed by atoms with Crippen molar-refractivity contribution in [2.45, 2.75) is 38.9 Å². The monoisotopic (exact) mass is 264 g/mol. The van der Waals surface area contributed by atoms with Crippen molar-refractivity contribution in [1.82, 2.24) is 15.5 Å². The zero-order chi connectivity index (χ0) is 12.4. The fourth-order valence-corrected chi connectivity index (χ4v) is 2.51. The summed E-state index contributed by atoms with van der Waals surface area (Å²) >= 11 is 1.71. The van der Waals surface area contributed by atoms with Gasteiger partial charge in [-0.05, 0) is 41.7 Å². The maximum absolute atomic E-state index is 5.51. The average Bonchev–Trinajstić information content (AvgIpc) is 2.94. The van der Waals surface area contributed by atoms with Gasteiger partial charge in [0.1, 0.15) is 0 Å². The Balaban J connectivity index is 1.51. The smallest absolute Gasteiger partial charge is 0.315 e. The third-order valence-electron chi connectivity index (χ3n) is 2.98. The lowest BCUT2D eigenvalue weighted by molar-refractivity contribution is 0.475. The zero-order valence-electron chi connectivity index (χ0n) is 10.3. The van der Waals surface area contributed by atoms with Gasteiger partial charge in [0.25, 0.3) is 0 Å². The molecule has 1 aliphatic rings. The zero-order valence-corrected chi connectivity index (χ0v) is 11.1. The minimum atomic E-state index is 0.494. The van der Waals surface area contributed by atoms with E-state index in [-0.39, 0.29) is 0 Å². The van der Waals surface area contributed by atoms with Gasteiger partial charge in [-0.1, -0.05) is 5.10 Å². The summed E-state index contributed by atoms with van der Waals surface area (Å²) < 4.78 is 5.51. The molecule has 6 heteroatoms.